The van der Waals surface area contributed by atoms with E-state index in [1.807, 2.05) is 30.3 Å². The van der Waals surface area contributed by atoms with Crippen LogP contribution in [-0.2, 0) is 10.5 Å². The minimum atomic E-state index is -1.19. The third kappa shape index (κ3) is 2.51. The van der Waals surface area contributed by atoms with E-state index in [4.69, 9.17) is 4.74 Å². The molecule has 0 spiro atoms. The van der Waals surface area contributed by atoms with E-state index < -0.39 is 5.79 Å². The normalized spacial score (nSPS) is 33.6. The molecular formula is C14H21NO2. The van der Waals surface area contributed by atoms with Crippen molar-refractivity contribution in [2.24, 2.45) is 0 Å². The molecule has 17 heavy (non-hydrogen) atoms. The molecule has 3 atom stereocenters. The van der Waals surface area contributed by atoms with Crippen molar-refractivity contribution in [2.75, 3.05) is 6.61 Å². The molecule has 1 aliphatic rings. The first-order valence-electron chi connectivity index (χ1n) is 6.34. The van der Waals surface area contributed by atoms with Crippen molar-refractivity contribution in [1.29, 1.82) is 0 Å². The number of nitrogens with one attached hydrogen (secondary N) is 1. The van der Waals surface area contributed by atoms with E-state index in [1.165, 1.54) is 0 Å². The molecule has 0 aliphatic carbocycles. The van der Waals surface area contributed by atoms with Crippen molar-refractivity contribution in [3.8, 4) is 0 Å². The Morgan fingerprint density at radius 3 is 2.76 bits per heavy atom. The monoisotopic (exact) mass is 235 g/mol. The average Bonchev–Trinajstić information content (AvgIpc) is 2.35. The molecule has 0 aromatic heterocycles. The van der Waals surface area contributed by atoms with E-state index >= 15 is 0 Å². The van der Waals surface area contributed by atoms with Gasteiger partial charge in [0.15, 0.2) is 0 Å². The number of benzene rings is 1. The molecule has 0 amide bonds. The van der Waals surface area contributed by atoms with Crippen molar-refractivity contribution >= 4 is 0 Å². The Morgan fingerprint density at radius 2 is 2.12 bits per heavy atom. The molecule has 1 aliphatic heterocycles. The second kappa shape index (κ2) is 5.17. The molecule has 2 rings (SSSR count). The van der Waals surface area contributed by atoms with Crippen molar-refractivity contribution in [2.45, 2.75) is 44.6 Å². The molecule has 0 saturated carbocycles. The van der Waals surface area contributed by atoms with E-state index in [1.54, 1.807) is 0 Å². The molecule has 1 aromatic rings. The summed E-state index contributed by atoms with van der Waals surface area (Å²) in [5.41, 5.74) is 0.831. The first-order valence-corrected chi connectivity index (χ1v) is 6.34. The van der Waals surface area contributed by atoms with Gasteiger partial charge in [0.25, 0.3) is 0 Å². The summed E-state index contributed by atoms with van der Waals surface area (Å²) in [4.78, 5) is 0. The molecule has 1 aromatic carbocycles. The number of hydrogen-bond donors (Lipinski definition) is 2. The van der Waals surface area contributed by atoms with Crippen LogP contribution in [0.2, 0.25) is 0 Å². The van der Waals surface area contributed by atoms with Gasteiger partial charge in [-0.3, -0.25) is 0 Å². The second-order valence-electron chi connectivity index (χ2n) is 4.78. The van der Waals surface area contributed by atoms with Gasteiger partial charge in [0.1, 0.15) is 0 Å². The predicted octanol–water partition coefficient (Wildman–Crippen LogP) is 2.01. The van der Waals surface area contributed by atoms with Crippen LogP contribution in [-0.4, -0.2) is 23.8 Å². The van der Waals surface area contributed by atoms with Crippen LogP contribution in [0.4, 0.5) is 0 Å². The lowest BCUT2D eigenvalue weighted by molar-refractivity contribution is -0.257. The van der Waals surface area contributed by atoms with E-state index in [0.717, 1.165) is 18.4 Å². The molecule has 3 heteroatoms. The highest BCUT2D eigenvalue weighted by atomic mass is 16.6. The van der Waals surface area contributed by atoms with Crippen molar-refractivity contribution in [3.05, 3.63) is 35.9 Å². The molecule has 1 saturated heterocycles. The van der Waals surface area contributed by atoms with Crippen LogP contribution in [0.3, 0.4) is 0 Å². The maximum atomic E-state index is 10.8. The lowest BCUT2D eigenvalue weighted by atomic mass is 9.92. The van der Waals surface area contributed by atoms with Crippen LogP contribution in [0.15, 0.2) is 30.3 Å². The van der Waals surface area contributed by atoms with Gasteiger partial charge in [-0.2, -0.15) is 0 Å². The zero-order chi connectivity index (χ0) is 12.3. The highest BCUT2D eigenvalue weighted by Crippen LogP contribution is 2.32. The second-order valence-corrected chi connectivity index (χ2v) is 4.78. The van der Waals surface area contributed by atoms with Gasteiger partial charge in [0.05, 0.1) is 12.6 Å². The van der Waals surface area contributed by atoms with E-state index in [-0.39, 0.29) is 12.1 Å². The minimum absolute atomic E-state index is 0.0429. The zero-order valence-electron chi connectivity index (χ0n) is 10.5. The van der Waals surface area contributed by atoms with Gasteiger partial charge in [-0.05, 0) is 13.3 Å². The van der Waals surface area contributed by atoms with Gasteiger partial charge in [-0.1, -0.05) is 43.7 Å². The number of rotatable bonds is 3. The molecule has 1 fully saturated rings. The first kappa shape index (κ1) is 12.6. The Bertz CT molecular complexity index is 354. The van der Waals surface area contributed by atoms with E-state index in [0.29, 0.717) is 6.61 Å². The summed E-state index contributed by atoms with van der Waals surface area (Å²) >= 11 is 0. The standard InChI is InChI=1S/C14H21NO2/c1-3-7-13-14(16,17-10-11(2)15-13)12-8-5-4-6-9-12/h4-6,8-9,11,13,15-16H,3,7,10H2,1-2H3/t11-,13+,14+/m0/s1. The fourth-order valence-electron chi connectivity index (χ4n) is 2.39. The van der Waals surface area contributed by atoms with Crippen LogP contribution >= 0.6 is 0 Å². The number of morpholine rings is 1. The molecule has 94 valence electrons. The number of aliphatic hydroxyl groups is 1. The van der Waals surface area contributed by atoms with Gasteiger partial charge in [0, 0.05) is 11.6 Å². The van der Waals surface area contributed by atoms with Gasteiger partial charge in [-0.15, -0.1) is 0 Å². The van der Waals surface area contributed by atoms with Crippen molar-refractivity contribution < 1.29 is 9.84 Å². The van der Waals surface area contributed by atoms with E-state index in [9.17, 15) is 5.11 Å². The van der Waals surface area contributed by atoms with Crippen LogP contribution < -0.4 is 5.32 Å². The van der Waals surface area contributed by atoms with Crippen LogP contribution in [0.1, 0.15) is 32.3 Å². The summed E-state index contributed by atoms with van der Waals surface area (Å²) < 4.78 is 5.72. The molecule has 1 heterocycles. The quantitative estimate of drug-likeness (QED) is 0.842. The summed E-state index contributed by atoms with van der Waals surface area (Å²) in [5.74, 6) is -1.19. The maximum absolute atomic E-state index is 10.8. The lowest BCUT2D eigenvalue weighted by Gasteiger charge is -2.43. The highest BCUT2D eigenvalue weighted by molar-refractivity contribution is 5.22. The van der Waals surface area contributed by atoms with Crippen LogP contribution in [0.5, 0.6) is 0 Å². The molecule has 0 bridgehead atoms. The summed E-state index contributed by atoms with van der Waals surface area (Å²) in [6.07, 6.45) is 1.92. The topological polar surface area (TPSA) is 41.5 Å². The van der Waals surface area contributed by atoms with Gasteiger partial charge in [-0.25, -0.2) is 0 Å². The molecular weight excluding hydrogens is 214 g/mol. The smallest absolute Gasteiger partial charge is 0.208 e. The van der Waals surface area contributed by atoms with Gasteiger partial charge >= 0.3 is 0 Å². The zero-order valence-corrected chi connectivity index (χ0v) is 10.5. The number of ether oxygens (including phenoxy) is 1. The van der Waals surface area contributed by atoms with Gasteiger partial charge in [0.2, 0.25) is 5.79 Å². The molecule has 0 radical (unpaired) electrons. The Hall–Kier alpha value is -0.900. The van der Waals surface area contributed by atoms with E-state index in [2.05, 4.69) is 19.2 Å². The predicted molar refractivity (Wildman–Crippen MR) is 67.6 cm³/mol. The van der Waals surface area contributed by atoms with Crippen LogP contribution in [0.25, 0.3) is 0 Å². The Balaban J connectivity index is 2.26. The summed E-state index contributed by atoms with van der Waals surface area (Å²) in [6, 6.07) is 9.88. The van der Waals surface area contributed by atoms with Crippen molar-refractivity contribution in [1.82, 2.24) is 5.32 Å². The molecule has 2 N–H and O–H groups in total. The number of hydrogen-bond acceptors (Lipinski definition) is 3. The summed E-state index contributed by atoms with van der Waals surface area (Å²) in [5, 5.41) is 14.2. The average molecular weight is 235 g/mol. The SMILES string of the molecule is CCC[C@H]1N[C@@H](C)CO[C@]1(O)c1ccccc1. The molecule has 3 nitrogen and oxygen atoms in total. The summed E-state index contributed by atoms with van der Waals surface area (Å²) in [6.45, 7) is 4.73. The third-order valence-corrected chi connectivity index (χ3v) is 3.28. The largest absolute Gasteiger partial charge is 0.361 e. The maximum Gasteiger partial charge on any atom is 0.208 e. The van der Waals surface area contributed by atoms with Crippen molar-refractivity contribution in [3.63, 3.8) is 0 Å². The first-order chi connectivity index (χ1) is 8.16. The van der Waals surface area contributed by atoms with Crippen LogP contribution in [0, 0.1) is 0 Å². The summed E-state index contributed by atoms with van der Waals surface area (Å²) in [7, 11) is 0. The Kier molecular flexibility index (Phi) is 3.82. The minimum Gasteiger partial charge on any atom is -0.361 e. The fraction of sp³-hybridized carbons (Fsp3) is 0.571. The fourth-order valence-corrected chi connectivity index (χ4v) is 2.39. The van der Waals surface area contributed by atoms with Gasteiger partial charge < -0.3 is 15.2 Å². The Labute approximate surface area is 103 Å². The third-order valence-electron chi connectivity index (χ3n) is 3.28. The molecule has 0 unspecified atom stereocenters. The Morgan fingerprint density at radius 1 is 1.41 bits per heavy atom. The highest BCUT2D eigenvalue weighted by Gasteiger charge is 2.43. The lowest BCUT2D eigenvalue weighted by Crippen LogP contribution is -2.59.